The fourth-order valence-corrected chi connectivity index (χ4v) is 4.54. The summed E-state index contributed by atoms with van der Waals surface area (Å²) in [6.45, 7) is 1.77. The zero-order valence-corrected chi connectivity index (χ0v) is 18.1. The highest BCUT2D eigenvalue weighted by molar-refractivity contribution is 6.23. The van der Waals surface area contributed by atoms with Crippen LogP contribution in [0.1, 0.15) is 44.9 Å². The summed E-state index contributed by atoms with van der Waals surface area (Å²) < 4.78 is 5.28. The molecule has 0 radical (unpaired) electrons. The standard InChI is InChI=1S/C25H24N4O4/c30-23(27-14-19-5-3-13-33-19)18-4-2-12-28(16-18)21-7-1-6-20-22(21)25(32)29(24(20)31)15-17-8-10-26-11-9-17/h1,3,5-11,13,18H,2,4,12,14-16H2,(H,27,30)/t18-/m1/s1. The molecular weight excluding hydrogens is 420 g/mol. The van der Waals surface area contributed by atoms with Crippen molar-refractivity contribution < 1.29 is 18.8 Å². The Hall–Kier alpha value is -3.94. The van der Waals surface area contributed by atoms with Gasteiger partial charge in [-0.1, -0.05) is 6.07 Å². The summed E-state index contributed by atoms with van der Waals surface area (Å²) in [6, 6.07) is 12.6. The second-order valence-electron chi connectivity index (χ2n) is 8.33. The van der Waals surface area contributed by atoms with E-state index in [-0.39, 0.29) is 30.2 Å². The first-order chi connectivity index (χ1) is 16.1. The zero-order valence-electron chi connectivity index (χ0n) is 18.1. The number of carbonyl (C=O) groups excluding carboxylic acids is 3. The number of aromatic nitrogens is 1. The van der Waals surface area contributed by atoms with Crippen LogP contribution in [0.15, 0.2) is 65.5 Å². The van der Waals surface area contributed by atoms with Gasteiger partial charge in [-0.3, -0.25) is 24.3 Å². The number of imide groups is 1. The summed E-state index contributed by atoms with van der Waals surface area (Å²) in [6.07, 6.45) is 6.46. The van der Waals surface area contributed by atoms with Crippen LogP contribution in [0.2, 0.25) is 0 Å². The third-order valence-electron chi connectivity index (χ3n) is 6.22. The molecule has 8 heteroatoms. The molecule has 0 aliphatic carbocycles. The van der Waals surface area contributed by atoms with E-state index >= 15 is 0 Å². The van der Waals surface area contributed by atoms with Crippen LogP contribution in [-0.4, -0.2) is 40.7 Å². The zero-order chi connectivity index (χ0) is 22.8. The number of furan rings is 1. The Bertz CT molecular complexity index is 1180. The van der Waals surface area contributed by atoms with Crippen molar-refractivity contribution in [2.75, 3.05) is 18.0 Å². The van der Waals surface area contributed by atoms with Gasteiger partial charge in [-0.05, 0) is 54.8 Å². The maximum Gasteiger partial charge on any atom is 0.263 e. The van der Waals surface area contributed by atoms with Crippen molar-refractivity contribution in [3.63, 3.8) is 0 Å². The number of nitrogens with zero attached hydrogens (tertiary/aromatic N) is 3. The fraction of sp³-hybridized carbons (Fsp3) is 0.280. The normalized spacial score (nSPS) is 17.9. The molecule has 0 spiro atoms. The molecule has 8 nitrogen and oxygen atoms in total. The van der Waals surface area contributed by atoms with E-state index in [2.05, 4.69) is 15.2 Å². The van der Waals surface area contributed by atoms with Gasteiger partial charge in [0.05, 0.1) is 42.1 Å². The lowest BCUT2D eigenvalue weighted by molar-refractivity contribution is -0.125. The van der Waals surface area contributed by atoms with E-state index in [4.69, 9.17) is 4.42 Å². The van der Waals surface area contributed by atoms with E-state index in [9.17, 15) is 14.4 Å². The van der Waals surface area contributed by atoms with E-state index in [1.165, 1.54) is 4.90 Å². The van der Waals surface area contributed by atoms with Crippen LogP contribution < -0.4 is 10.2 Å². The van der Waals surface area contributed by atoms with Gasteiger partial charge in [0.2, 0.25) is 5.91 Å². The molecule has 0 unspecified atom stereocenters. The highest BCUT2D eigenvalue weighted by Gasteiger charge is 2.39. The number of nitrogens with one attached hydrogen (secondary N) is 1. The predicted molar refractivity (Wildman–Crippen MR) is 120 cm³/mol. The van der Waals surface area contributed by atoms with Crippen LogP contribution in [0.3, 0.4) is 0 Å². The Morgan fingerprint density at radius 3 is 2.73 bits per heavy atom. The molecule has 3 amide bonds. The number of hydrogen-bond donors (Lipinski definition) is 1. The molecule has 168 valence electrons. The van der Waals surface area contributed by atoms with Gasteiger partial charge in [0.1, 0.15) is 5.76 Å². The minimum atomic E-state index is -0.299. The van der Waals surface area contributed by atoms with Gasteiger partial charge in [0.15, 0.2) is 0 Å². The number of rotatable bonds is 6. The minimum Gasteiger partial charge on any atom is -0.467 e. The first-order valence-electron chi connectivity index (χ1n) is 11.0. The van der Waals surface area contributed by atoms with Crippen molar-refractivity contribution in [3.8, 4) is 0 Å². The maximum absolute atomic E-state index is 13.3. The molecule has 1 aromatic carbocycles. The molecule has 1 fully saturated rings. The highest BCUT2D eigenvalue weighted by atomic mass is 16.3. The molecule has 33 heavy (non-hydrogen) atoms. The molecule has 5 rings (SSSR count). The van der Waals surface area contributed by atoms with E-state index in [1.807, 2.05) is 12.1 Å². The highest BCUT2D eigenvalue weighted by Crippen LogP contribution is 2.34. The predicted octanol–water partition coefficient (Wildman–Crippen LogP) is 3.00. The van der Waals surface area contributed by atoms with E-state index in [0.29, 0.717) is 35.7 Å². The first kappa shape index (κ1) is 20.9. The number of amides is 3. The van der Waals surface area contributed by atoms with Crippen molar-refractivity contribution in [1.29, 1.82) is 0 Å². The van der Waals surface area contributed by atoms with Crippen LogP contribution in [0.4, 0.5) is 5.69 Å². The summed E-state index contributed by atoms with van der Waals surface area (Å²) >= 11 is 0. The van der Waals surface area contributed by atoms with Crippen molar-refractivity contribution >= 4 is 23.4 Å². The summed E-state index contributed by atoms with van der Waals surface area (Å²) in [7, 11) is 0. The Labute approximate surface area is 191 Å². The Morgan fingerprint density at radius 2 is 1.94 bits per heavy atom. The van der Waals surface area contributed by atoms with Gasteiger partial charge in [-0.15, -0.1) is 0 Å². The molecule has 2 aliphatic heterocycles. The van der Waals surface area contributed by atoms with Gasteiger partial charge in [0.25, 0.3) is 11.8 Å². The van der Waals surface area contributed by atoms with E-state index in [0.717, 1.165) is 24.9 Å². The number of pyridine rings is 1. The average molecular weight is 444 g/mol. The number of benzene rings is 1. The first-order valence-corrected chi connectivity index (χ1v) is 11.0. The van der Waals surface area contributed by atoms with Gasteiger partial charge in [-0.25, -0.2) is 0 Å². The SMILES string of the molecule is O=C(NCc1ccco1)[C@@H]1CCCN(c2cccc3c2C(=O)N(Cc2ccncc2)C3=O)C1. The second-order valence-corrected chi connectivity index (χ2v) is 8.33. The summed E-state index contributed by atoms with van der Waals surface area (Å²) in [5.74, 6) is -0.129. The molecule has 0 saturated carbocycles. The quantitative estimate of drug-likeness (QED) is 0.588. The average Bonchev–Trinajstić information content (AvgIpc) is 3.46. The van der Waals surface area contributed by atoms with Crippen molar-refractivity contribution in [2.45, 2.75) is 25.9 Å². The van der Waals surface area contributed by atoms with Gasteiger partial charge >= 0.3 is 0 Å². The third kappa shape index (κ3) is 4.11. The number of carbonyl (C=O) groups is 3. The van der Waals surface area contributed by atoms with Crippen LogP contribution in [0, 0.1) is 5.92 Å². The molecule has 0 bridgehead atoms. The van der Waals surface area contributed by atoms with Gasteiger partial charge < -0.3 is 14.6 Å². The minimum absolute atomic E-state index is 0.0367. The Kier molecular flexibility index (Phi) is 5.64. The number of anilines is 1. The lowest BCUT2D eigenvalue weighted by atomic mass is 9.95. The van der Waals surface area contributed by atoms with Gasteiger partial charge in [0, 0.05) is 25.5 Å². The summed E-state index contributed by atoms with van der Waals surface area (Å²) in [4.78, 5) is 46.4. The number of fused-ring (bicyclic) bond motifs is 1. The lowest BCUT2D eigenvalue weighted by Crippen LogP contribution is -2.43. The molecule has 1 N–H and O–H groups in total. The maximum atomic E-state index is 13.3. The molecule has 4 heterocycles. The Balaban J connectivity index is 1.33. The molecule has 1 atom stereocenters. The molecular formula is C25H24N4O4. The van der Waals surface area contributed by atoms with Crippen LogP contribution >= 0.6 is 0 Å². The smallest absolute Gasteiger partial charge is 0.263 e. The Morgan fingerprint density at radius 1 is 1.09 bits per heavy atom. The topological polar surface area (TPSA) is 95.8 Å². The number of piperidine rings is 1. The third-order valence-corrected chi connectivity index (χ3v) is 6.22. The molecule has 3 aromatic rings. The van der Waals surface area contributed by atoms with E-state index in [1.54, 1.807) is 49.0 Å². The van der Waals surface area contributed by atoms with Crippen molar-refractivity contribution in [3.05, 3.63) is 83.6 Å². The largest absolute Gasteiger partial charge is 0.467 e. The van der Waals surface area contributed by atoms with Gasteiger partial charge in [-0.2, -0.15) is 0 Å². The monoisotopic (exact) mass is 444 g/mol. The molecule has 2 aromatic heterocycles. The molecule has 1 saturated heterocycles. The number of hydrogen-bond acceptors (Lipinski definition) is 6. The summed E-state index contributed by atoms with van der Waals surface area (Å²) in [5.41, 5.74) is 2.39. The van der Waals surface area contributed by atoms with Crippen LogP contribution in [0.5, 0.6) is 0 Å². The van der Waals surface area contributed by atoms with Crippen LogP contribution in [-0.2, 0) is 17.9 Å². The lowest BCUT2D eigenvalue weighted by Gasteiger charge is -2.34. The summed E-state index contributed by atoms with van der Waals surface area (Å²) in [5, 5.41) is 2.94. The van der Waals surface area contributed by atoms with E-state index < -0.39 is 0 Å². The van der Waals surface area contributed by atoms with Crippen molar-refractivity contribution in [2.24, 2.45) is 5.92 Å². The molecule has 2 aliphatic rings. The van der Waals surface area contributed by atoms with Crippen LogP contribution in [0.25, 0.3) is 0 Å². The van der Waals surface area contributed by atoms with Crippen molar-refractivity contribution in [1.82, 2.24) is 15.2 Å². The second kappa shape index (κ2) is 8.90. The fourth-order valence-electron chi connectivity index (χ4n) is 4.54.